The molecule has 0 aliphatic heterocycles. The molecule has 0 saturated heterocycles. The van der Waals surface area contributed by atoms with Gasteiger partial charge in [0.2, 0.25) is 0 Å². The first-order valence-corrected chi connectivity index (χ1v) is 4.82. The van der Waals surface area contributed by atoms with Gasteiger partial charge in [0.1, 0.15) is 0 Å². The number of carboxylic acids is 1. The van der Waals surface area contributed by atoms with Crippen LogP contribution in [0.25, 0.3) is 0 Å². The summed E-state index contributed by atoms with van der Waals surface area (Å²) in [5.41, 5.74) is 0.182. The fraction of sp³-hybridized carbons (Fsp3) is 0.900. The number of hydrogen-bond donors (Lipinski definition) is 1. The lowest BCUT2D eigenvalue weighted by Gasteiger charge is -2.20. The maximum Gasteiger partial charge on any atom is 0.303 e. The minimum absolute atomic E-state index is 0.182. The molecular formula is C10H18O2. The second-order valence-corrected chi connectivity index (χ2v) is 4.12. The zero-order chi connectivity index (χ0) is 9.19. The van der Waals surface area contributed by atoms with Gasteiger partial charge in [0.15, 0.2) is 0 Å². The highest BCUT2D eigenvalue weighted by Gasteiger charge is 2.47. The molecule has 1 aliphatic rings. The molecular weight excluding hydrogens is 152 g/mol. The Labute approximate surface area is 74.0 Å². The van der Waals surface area contributed by atoms with E-state index in [4.69, 9.17) is 5.11 Å². The molecule has 1 rings (SSSR count). The third kappa shape index (κ3) is 1.99. The van der Waals surface area contributed by atoms with Crippen molar-refractivity contribution >= 4 is 5.97 Å². The predicted molar refractivity (Wildman–Crippen MR) is 48.0 cm³/mol. The molecule has 1 fully saturated rings. The molecule has 0 spiro atoms. The molecule has 1 atom stereocenters. The molecule has 1 unspecified atom stereocenters. The summed E-state index contributed by atoms with van der Waals surface area (Å²) in [6, 6.07) is 0. The summed E-state index contributed by atoms with van der Waals surface area (Å²) in [7, 11) is 0. The Morgan fingerprint density at radius 2 is 2.17 bits per heavy atom. The molecule has 70 valence electrons. The molecule has 0 heterocycles. The van der Waals surface area contributed by atoms with Crippen LogP contribution in [0.2, 0.25) is 0 Å². The van der Waals surface area contributed by atoms with E-state index in [9.17, 15) is 4.79 Å². The van der Waals surface area contributed by atoms with Crippen molar-refractivity contribution in [3.63, 3.8) is 0 Å². The summed E-state index contributed by atoms with van der Waals surface area (Å²) in [5.74, 6) is -0.0333. The van der Waals surface area contributed by atoms with Crippen LogP contribution in [0.5, 0.6) is 0 Å². The van der Waals surface area contributed by atoms with Gasteiger partial charge in [-0.05, 0) is 24.2 Å². The lowest BCUT2D eigenvalue weighted by atomic mass is 9.84. The highest BCUT2D eigenvalue weighted by Crippen LogP contribution is 2.55. The molecule has 1 saturated carbocycles. The number of carbonyl (C=O) groups is 1. The lowest BCUT2D eigenvalue weighted by molar-refractivity contribution is -0.139. The van der Waals surface area contributed by atoms with Crippen molar-refractivity contribution in [1.82, 2.24) is 0 Å². The van der Waals surface area contributed by atoms with Crippen molar-refractivity contribution in [2.75, 3.05) is 0 Å². The number of aliphatic carboxylic acids is 1. The van der Waals surface area contributed by atoms with Gasteiger partial charge in [0.25, 0.3) is 0 Å². The van der Waals surface area contributed by atoms with E-state index in [1.54, 1.807) is 0 Å². The standard InChI is InChI=1S/C10H18O2/c1-3-4-8(2)10(5-6-10)7-9(11)12/h8H,3-7H2,1-2H3,(H,11,12). The molecule has 0 bridgehead atoms. The van der Waals surface area contributed by atoms with Crippen LogP contribution in [0.15, 0.2) is 0 Å². The fourth-order valence-corrected chi connectivity index (χ4v) is 2.04. The second kappa shape index (κ2) is 3.46. The topological polar surface area (TPSA) is 37.3 Å². The fourth-order valence-electron chi connectivity index (χ4n) is 2.04. The summed E-state index contributed by atoms with van der Waals surface area (Å²) in [4.78, 5) is 10.6. The van der Waals surface area contributed by atoms with Crippen LogP contribution in [0.3, 0.4) is 0 Å². The average Bonchev–Trinajstić information content (AvgIpc) is 2.69. The van der Waals surface area contributed by atoms with Crippen LogP contribution in [0, 0.1) is 11.3 Å². The second-order valence-electron chi connectivity index (χ2n) is 4.12. The summed E-state index contributed by atoms with van der Waals surface area (Å²) in [5, 5.41) is 8.71. The van der Waals surface area contributed by atoms with Crippen molar-refractivity contribution in [3.05, 3.63) is 0 Å². The first kappa shape index (κ1) is 9.56. The molecule has 12 heavy (non-hydrogen) atoms. The quantitative estimate of drug-likeness (QED) is 0.688. The number of carboxylic acid groups (broad SMARTS) is 1. The van der Waals surface area contributed by atoms with Crippen molar-refractivity contribution in [2.45, 2.75) is 46.0 Å². The molecule has 0 amide bonds. The smallest absolute Gasteiger partial charge is 0.303 e. The van der Waals surface area contributed by atoms with E-state index in [0.29, 0.717) is 12.3 Å². The van der Waals surface area contributed by atoms with Gasteiger partial charge in [-0.25, -0.2) is 0 Å². The number of rotatable bonds is 5. The Morgan fingerprint density at radius 1 is 1.58 bits per heavy atom. The first-order chi connectivity index (χ1) is 5.60. The van der Waals surface area contributed by atoms with Crippen LogP contribution < -0.4 is 0 Å². The van der Waals surface area contributed by atoms with E-state index in [-0.39, 0.29) is 5.41 Å². The van der Waals surface area contributed by atoms with Gasteiger partial charge >= 0.3 is 5.97 Å². The van der Waals surface area contributed by atoms with E-state index in [1.165, 1.54) is 12.8 Å². The van der Waals surface area contributed by atoms with Crippen molar-refractivity contribution < 1.29 is 9.90 Å². The van der Waals surface area contributed by atoms with Crippen molar-refractivity contribution in [1.29, 1.82) is 0 Å². The Hall–Kier alpha value is -0.530. The van der Waals surface area contributed by atoms with Gasteiger partial charge in [0, 0.05) is 0 Å². The SMILES string of the molecule is CCCC(C)C1(CC(=O)O)CC1. The minimum atomic E-state index is -0.629. The molecule has 0 aromatic heterocycles. The molecule has 1 N–H and O–H groups in total. The Morgan fingerprint density at radius 3 is 2.50 bits per heavy atom. The maximum absolute atomic E-state index is 10.6. The highest BCUT2D eigenvalue weighted by atomic mass is 16.4. The monoisotopic (exact) mass is 170 g/mol. The lowest BCUT2D eigenvalue weighted by Crippen LogP contribution is -2.17. The largest absolute Gasteiger partial charge is 0.481 e. The van der Waals surface area contributed by atoms with Crippen LogP contribution in [-0.4, -0.2) is 11.1 Å². The highest BCUT2D eigenvalue weighted by molar-refractivity contribution is 5.68. The molecule has 0 aromatic carbocycles. The molecule has 2 nitrogen and oxygen atoms in total. The Balaban J connectivity index is 2.42. The van der Waals surface area contributed by atoms with E-state index in [0.717, 1.165) is 12.8 Å². The van der Waals surface area contributed by atoms with Gasteiger partial charge in [0.05, 0.1) is 6.42 Å². The first-order valence-electron chi connectivity index (χ1n) is 4.82. The third-order valence-corrected chi connectivity index (χ3v) is 3.16. The van der Waals surface area contributed by atoms with Gasteiger partial charge in [-0.3, -0.25) is 4.79 Å². The van der Waals surface area contributed by atoms with Crippen LogP contribution in [-0.2, 0) is 4.79 Å². The molecule has 2 heteroatoms. The number of hydrogen-bond acceptors (Lipinski definition) is 1. The molecule has 0 radical (unpaired) electrons. The van der Waals surface area contributed by atoms with Crippen LogP contribution in [0.1, 0.15) is 46.0 Å². The normalized spacial score (nSPS) is 21.8. The Bertz CT molecular complexity index is 171. The van der Waals surface area contributed by atoms with Crippen molar-refractivity contribution in [3.8, 4) is 0 Å². The molecule has 0 aromatic rings. The third-order valence-electron chi connectivity index (χ3n) is 3.16. The average molecular weight is 170 g/mol. The summed E-state index contributed by atoms with van der Waals surface area (Å²) >= 11 is 0. The van der Waals surface area contributed by atoms with E-state index in [1.807, 2.05) is 0 Å². The minimum Gasteiger partial charge on any atom is -0.481 e. The van der Waals surface area contributed by atoms with E-state index < -0.39 is 5.97 Å². The molecule has 1 aliphatic carbocycles. The Kier molecular flexibility index (Phi) is 2.76. The van der Waals surface area contributed by atoms with Crippen LogP contribution >= 0.6 is 0 Å². The maximum atomic E-state index is 10.6. The zero-order valence-electron chi connectivity index (χ0n) is 7.97. The zero-order valence-corrected chi connectivity index (χ0v) is 7.97. The predicted octanol–water partition coefficient (Wildman–Crippen LogP) is 2.68. The van der Waals surface area contributed by atoms with Gasteiger partial charge in [-0.2, -0.15) is 0 Å². The summed E-state index contributed by atoms with van der Waals surface area (Å²) < 4.78 is 0. The summed E-state index contributed by atoms with van der Waals surface area (Å²) in [6.07, 6.45) is 4.98. The van der Waals surface area contributed by atoms with Gasteiger partial charge < -0.3 is 5.11 Å². The van der Waals surface area contributed by atoms with Crippen molar-refractivity contribution in [2.24, 2.45) is 11.3 Å². The van der Waals surface area contributed by atoms with E-state index >= 15 is 0 Å². The summed E-state index contributed by atoms with van der Waals surface area (Å²) in [6.45, 7) is 4.35. The van der Waals surface area contributed by atoms with Gasteiger partial charge in [-0.15, -0.1) is 0 Å². The van der Waals surface area contributed by atoms with E-state index in [2.05, 4.69) is 13.8 Å². The van der Waals surface area contributed by atoms with Gasteiger partial charge in [-0.1, -0.05) is 26.7 Å². The van der Waals surface area contributed by atoms with Crippen LogP contribution in [0.4, 0.5) is 0 Å².